The van der Waals surface area contributed by atoms with Gasteiger partial charge in [-0.3, -0.25) is 14.9 Å². The number of rotatable bonds is 5. The average molecular weight is 396 g/mol. The number of hydrogen-bond donors (Lipinski definition) is 0. The van der Waals surface area contributed by atoms with Crippen LogP contribution in [-0.2, 0) is 17.8 Å². The first kappa shape index (κ1) is 18.2. The average Bonchev–Trinajstić information content (AvgIpc) is 3.21. The molecule has 0 unspecified atom stereocenters. The summed E-state index contributed by atoms with van der Waals surface area (Å²) in [7, 11) is 0. The Labute approximate surface area is 164 Å². The monoisotopic (exact) mass is 396 g/mol. The van der Waals surface area contributed by atoms with E-state index in [1.807, 2.05) is 17.0 Å². The van der Waals surface area contributed by atoms with E-state index in [9.17, 15) is 14.9 Å². The summed E-state index contributed by atoms with van der Waals surface area (Å²) in [5.74, 6) is 0.496. The normalized spacial score (nSPS) is 13.2. The molecule has 2 heterocycles. The molecule has 0 saturated carbocycles. The van der Waals surface area contributed by atoms with Crippen molar-refractivity contribution in [3.05, 3.63) is 69.8 Å². The summed E-state index contributed by atoms with van der Waals surface area (Å²) in [6.45, 7) is 1.32. The summed E-state index contributed by atoms with van der Waals surface area (Å²) in [4.78, 5) is 24.6. The van der Waals surface area contributed by atoms with E-state index >= 15 is 0 Å². The SMILES string of the molecule is O=C(CSc1nnc(-c2ccc([N+](=O)[O-])cc2)o1)N1CCc2ccccc2C1. The molecule has 1 amide bonds. The van der Waals surface area contributed by atoms with Crippen molar-refractivity contribution < 1.29 is 14.1 Å². The van der Waals surface area contributed by atoms with Gasteiger partial charge in [0, 0.05) is 30.8 Å². The lowest BCUT2D eigenvalue weighted by atomic mass is 10.00. The van der Waals surface area contributed by atoms with Gasteiger partial charge < -0.3 is 9.32 Å². The van der Waals surface area contributed by atoms with Crippen LogP contribution in [0.15, 0.2) is 58.2 Å². The highest BCUT2D eigenvalue weighted by Crippen LogP contribution is 2.26. The number of carbonyl (C=O) groups is 1. The molecule has 0 spiro atoms. The third kappa shape index (κ3) is 3.89. The Morgan fingerprint density at radius 2 is 1.89 bits per heavy atom. The molecule has 1 aliphatic rings. The number of nitro groups is 1. The first-order valence-corrected chi connectivity index (χ1v) is 9.64. The molecule has 3 aromatic rings. The highest BCUT2D eigenvalue weighted by atomic mass is 32.2. The minimum absolute atomic E-state index is 0.00781. The molecule has 0 fully saturated rings. The lowest BCUT2D eigenvalue weighted by molar-refractivity contribution is -0.384. The molecule has 142 valence electrons. The number of nitro benzene ring substituents is 1. The van der Waals surface area contributed by atoms with Crippen LogP contribution in [-0.4, -0.2) is 38.2 Å². The summed E-state index contributed by atoms with van der Waals surface area (Å²) in [5.41, 5.74) is 3.06. The minimum Gasteiger partial charge on any atom is -0.411 e. The molecule has 0 aliphatic carbocycles. The first-order chi connectivity index (χ1) is 13.6. The molecule has 1 aliphatic heterocycles. The van der Waals surface area contributed by atoms with Gasteiger partial charge in [-0.2, -0.15) is 0 Å². The second-order valence-electron chi connectivity index (χ2n) is 6.30. The summed E-state index contributed by atoms with van der Waals surface area (Å²) in [6.07, 6.45) is 0.859. The van der Waals surface area contributed by atoms with Crippen molar-refractivity contribution >= 4 is 23.4 Å². The summed E-state index contributed by atoms with van der Waals surface area (Å²) in [6, 6.07) is 14.0. The van der Waals surface area contributed by atoms with Crippen molar-refractivity contribution in [1.82, 2.24) is 15.1 Å². The van der Waals surface area contributed by atoms with Crippen molar-refractivity contribution in [2.45, 2.75) is 18.2 Å². The molecule has 9 heteroatoms. The highest BCUT2D eigenvalue weighted by molar-refractivity contribution is 7.99. The third-order valence-corrected chi connectivity index (χ3v) is 5.34. The molecular formula is C19H16N4O4S. The Morgan fingerprint density at radius 3 is 2.64 bits per heavy atom. The van der Waals surface area contributed by atoms with E-state index in [2.05, 4.69) is 22.3 Å². The molecule has 0 saturated heterocycles. The van der Waals surface area contributed by atoms with Gasteiger partial charge in [0.05, 0.1) is 10.7 Å². The van der Waals surface area contributed by atoms with Crippen LogP contribution in [0.25, 0.3) is 11.5 Å². The van der Waals surface area contributed by atoms with Gasteiger partial charge in [0.25, 0.3) is 10.9 Å². The fourth-order valence-corrected chi connectivity index (χ4v) is 3.70. The zero-order valence-corrected chi connectivity index (χ0v) is 15.6. The van der Waals surface area contributed by atoms with E-state index in [0.29, 0.717) is 23.9 Å². The molecule has 4 rings (SSSR count). The van der Waals surface area contributed by atoms with Gasteiger partial charge in [0.1, 0.15) is 0 Å². The fraction of sp³-hybridized carbons (Fsp3) is 0.211. The van der Waals surface area contributed by atoms with Gasteiger partial charge in [-0.25, -0.2) is 0 Å². The first-order valence-electron chi connectivity index (χ1n) is 8.66. The maximum absolute atomic E-state index is 12.5. The number of amides is 1. The molecule has 0 radical (unpaired) electrons. The number of nitrogens with zero attached hydrogens (tertiary/aromatic N) is 4. The molecule has 0 bridgehead atoms. The molecule has 0 N–H and O–H groups in total. The molecule has 2 aromatic carbocycles. The van der Waals surface area contributed by atoms with Gasteiger partial charge in [-0.05, 0) is 29.7 Å². The second-order valence-corrected chi connectivity index (χ2v) is 7.23. The number of non-ortho nitro benzene ring substituents is 1. The zero-order chi connectivity index (χ0) is 19.5. The second kappa shape index (κ2) is 7.81. The van der Waals surface area contributed by atoms with Crippen molar-refractivity contribution in [3.63, 3.8) is 0 Å². The van der Waals surface area contributed by atoms with Crippen LogP contribution < -0.4 is 0 Å². The Hall–Kier alpha value is -3.20. The number of aromatic nitrogens is 2. The van der Waals surface area contributed by atoms with Gasteiger partial charge in [0.15, 0.2) is 0 Å². The molecule has 1 aromatic heterocycles. The number of hydrogen-bond acceptors (Lipinski definition) is 7. The lowest BCUT2D eigenvalue weighted by Crippen LogP contribution is -2.37. The molecule has 0 atom stereocenters. The standard InChI is InChI=1S/C19H16N4O4S/c24-17(22-10-9-13-3-1-2-4-15(13)11-22)12-28-19-21-20-18(27-19)14-5-7-16(8-6-14)23(25)26/h1-8H,9-12H2. The van der Waals surface area contributed by atoms with Crippen molar-refractivity contribution in [2.24, 2.45) is 0 Å². The van der Waals surface area contributed by atoms with Crippen molar-refractivity contribution in [3.8, 4) is 11.5 Å². The van der Waals surface area contributed by atoms with Crippen molar-refractivity contribution in [1.29, 1.82) is 0 Å². The Bertz CT molecular complexity index is 1020. The van der Waals surface area contributed by atoms with Crippen LogP contribution >= 0.6 is 11.8 Å². The number of fused-ring (bicyclic) bond motifs is 1. The van der Waals surface area contributed by atoms with Gasteiger partial charge in [-0.1, -0.05) is 36.0 Å². The largest absolute Gasteiger partial charge is 0.411 e. The number of benzene rings is 2. The minimum atomic E-state index is -0.469. The van der Waals surface area contributed by atoms with Gasteiger partial charge in [-0.15, -0.1) is 10.2 Å². The van der Waals surface area contributed by atoms with Crippen LogP contribution in [0.2, 0.25) is 0 Å². The number of thioether (sulfide) groups is 1. The van der Waals surface area contributed by atoms with E-state index in [1.165, 1.54) is 35.0 Å². The van der Waals surface area contributed by atoms with Crippen molar-refractivity contribution in [2.75, 3.05) is 12.3 Å². The fourth-order valence-electron chi connectivity index (χ4n) is 3.03. The van der Waals surface area contributed by atoms with Gasteiger partial charge in [0.2, 0.25) is 11.8 Å². The van der Waals surface area contributed by atoms with E-state index in [-0.39, 0.29) is 23.2 Å². The maximum Gasteiger partial charge on any atom is 0.277 e. The predicted molar refractivity (Wildman–Crippen MR) is 103 cm³/mol. The topological polar surface area (TPSA) is 102 Å². The Kier molecular flexibility index (Phi) is 5.07. The maximum atomic E-state index is 12.5. The summed E-state index contributed by atoms with van der Waals surface area (Å²) in [5, 5.41) is 18.9. The summed E-state index contributed by atoms with van der Waals surface area (Å²) >= 11 is 1.19. The zero-order valence-electron chi connectivity index (χ0n) is 14.8. The Morgan fingerprint density at radius 1 is 1.14 bits per heavy atom. The quantitative estimate of drug-likeness (QED) is 0.370. The van der Waals surface area contributed by atoms with Crippen LogP contribution in [0.5, 0.6) is 0 Å². The van der Waals surface area contributed by atoms with E-state index in [1.54, 1.807) is 12.1 Å². The Balaban J connectivity index is 1.36. The van der Waals surface area contributed by atoms with Crippen LogP contribution in [0, 0.1) is 10.1 Å². The molecule has 28 heavy (non-hydrogen) atoms. The van der Waals surface area contributed by atoms with E-state index < -0.39 is 4.92 Å². The van der Waals surface area contributed by atoms with Gasteiger partial charge >= 0.3 is 0 Å². The van der Waals surface area contributed by atoms with E-state index in [0.717, 1.165) is 6.42 Å². The van der Waals surface area contributed by atoms with Crippen LogP contribution in [0.1, 0.15) is 11.1 Å². The summed E-state index contributed by atoms with van der Waals surface area (Å²) < 4.78 is 5.56. The molecule has 8 nitrogen and oxygen atoms in total. The lowest BCUT2D eigenvalue weighted by Gasteiger charge is -2.28. The van der Waals surface area contributed by atoms with Crippen LogP contribution in [0.4, 0.5) is 5.69 Å². The predicted octanol–water partition coefficient (Wildman–Crippen LogP) is 3.32. The third-order valence-electron chi connectivity index (χ3n) is 4.53. The van der Waals surface area contributed by atoms with Crippen LogP contribution in [0.3, 0.4) is 0 Å². The van der Waals surface area contributed by atoms with E-state index in [4.69, 9.17) is 4.42 Å². The molecular weight excluding hydrogens is 380 g/mol. The highest BCUT2D eigenvalue weighted by Gasteiger charge is 2.21. The number of carbonyl (C=O) groups excluding carboxylic acids is 1. The smallest absolute Gasteiger partial charge is 0.277 e.